The second-order valence-corrected chi connectivity index (χ2v) is 10.5. The monoisotopic (exact) mass is 484 g/mol. The summed E-state index contributed by atoms with van der Waals surface area (Å²) < 4.78 is 0. The van der Waals surface area contributed by atoms with Crippen molar-refractivity contribution in [3.63, 3.8) is 0 Å². The second-order valence-electron chi connectivity index (χ2n) is 9.65. The molecule has 1 unspecified atom stereocenters. The van der Waals surface area contributed by atoms with Crippen LogP contribution in [0.3, 0.4) is 0 Å². The Hall–Kier alpha value is -2.04. The zero-order chi connectivity index (χ0) is 22.9. The van der Waals surface area contributed by atoms with Crippen LogP contribution in [0.4, 0.5) is 0 Å². The summed E-state index contributed by atoms with van der Waals surface area (Å²) in [5.41, 5.74) is 3.44. The first-order valence-electron chi connectivity index (χ1n) is 12.2. The van der Waals surface area contributed by atoms with Crippen LogP contribution in [0, 0.1) is 5.92 Å². The molecule has 2 aliphatic heterocycles. The summed E-state index contributed by atoms with van der Waals surface area (Å²) in [7, 11) is 0. The van der Waals surface area contributed by atoms with Crippen LogP contribution >= 0.6 is 23.2 Å². The Morgan fingerprint density at radius 2 is 1.52 bits per heavy atom. The van der Waals surface area contributed by atoms with Crippen molar-refractivity contribution in [2.75, 3.05) is 19.6 Å². The third-order valence-corrected chi connectivity index (χ3v) is 8.24. The minimum absolute atomic E-state index is 0.0421. The first-order valence-corrected chi connectivity index (χ1v) is 12.9. The summed E-state index contributed by atoms with van der Waals surface area (Å²) in [6.07, 6.45) is 8.56. The first-order chi connectivity index (χ1) is 16.0. The quantitative estimate of drug-likeness (QED) is 0.504. The van der Waals surface area contributed by atoms with Crippen molar-refractivity contribution in [3.05, 3.63) is 57.6 Å². The number of hydrogen-bond donors (Lipinski definition) is 0. The van der Waals surface area contributed by atoms with Crippen LogP contribution in [0.2, 0.25) is 10.0 Å². The Kier molecular flexibility index (Phi) is 6.67. The zero-order valence-electron chi connectivity index (χ0n) is 18.9. The molecule has 2 aromatic carbocycles. The van der Waals surface area contributed by atoms with Crippen LogP contribution in [0.5, 0.6) is 0 Å². The van der Waals surface area contributed by atoms with Gasteiger partial charge >= 0.3 is 0 Å². The van der Waals surface area contributed by atoms with Gasteiger partial charge in [0.25, 0.3) is 5.91 Å². The van der Waals surface area contributed by atoms with Crippen molar-refractivity contribution in [2.45, 2.75) is 57.4 Å². The lowest BCUT2D eigenvalue weighted by atomic mass is 9.93. The highest BCUT2D eigenvalue weighted by atomic mass is 35.5. The number of amides is 2. The molecule has 0 spiro atoms. The van der Waals surface area contributed by atoms with Crippen molar-refractivity contribution >= 4 is 35.0 Å². The first kappa shape index (κ1) is 22.7. The molecule has 2 amide bonds. The Morgan fingerprint density at radius 3 is 2.12 bits per heavy atom. The molecule has 2 saturated heterocycles. The van der Waals surface area contributed by atoms with E-state index in [2.05, 4.69) is 4.90 Å². The van der Waals surface area contributed by atoms with Crippen molar-refractivity contribution in [3.8, 4) is 11.1 Å². The maximum absolute atomic E-state index is 13.1. The smallest absolute Gasteiger partial charge is 0.253 e. The van der Waals surface area contributed by atoms with Gasteiger partial charge in [-0.25, -0.2) is 0 Å². The topological polar surface area (TPSA) is 40.6 Å². The molecule has 33 heavy (non-hydrogen) atoms. The average molecular weight is 485 g/mol. The van der Waals surface area contributed by atoms with Gasteiger partial charge in [0, 0.05) is 47.2 Å². The van der Waals surface area contributed by atoms with E-state index in [0.717, 1.165) is 62.0 Å². The normalized spacial score (nSPS) is 21.4. The molecular weight excluding hydrogens is 455 g/mol. The molecule has 1 saturated carbocycles. The summed E-state index contributed by atoms with van der Waals surface area (Å²) in [6.45, 7) is 2.54. The van der Waals surface area contributed by atoms with Crippen LogP contribution in [-0.4, -0.2) is 47.3 Å². The lowest BCUT2D eigenvalue weighted by Crippen LogP contribution is -2.41. The molecule has 0 aromatic heterocycles. The minimum atomic E-state index is -0.0421. The SMILES string of the molecule is O=C(c1ccc(-c2cc(Cl)c(CC3CCN(C4CCCCC4)C3=O)c(Cl)c2)cc1)N1CCC1. The molecule has 0 bridgehead atoms. The molecular formula is C27H30Cl2N2O2. The number of carbonyl (C=O) groups is 2. The summed E-state index contributed by atoms with van der Waals surface area (Å²) in [6, 6.07) is 11.9. The number of carbonyl (C=O) groups excluding carboxylic acids is 2. The van der Waals surface area contributed by atoms with Crippen LogP contribution in [0.25, 0.3) is 11.1 Å². The molecule has 5 rings (SSSR count). The molecule has 4 nitrogen and oxygen atoms in total. The second kappa shape index (κ2) is 9.68. The van der Waals surface area contributed by atoms with E-state index in [4.69, 9.17) is 23.2 Å². The van der Waals surface area contributed by atoms with Gasteiger partial charge in [0.15, 0.2) is 0 Å². The summed E-state index contributed by atoms with van der Waals surface area (Å²) in [5.74, 6) is 0.308. The Labute approximate surface area is 205 Å². The fourth-order valence-electron chi connectivity index (χ4n) is 5.43. The van der Waals surface area contributed by atoms with Gasteiger partial charge in [-0.1, -0.05) is 54.6 Å². The lowest BCUT2D eigenvalue weighted by Gasteiger charge is -2.31. The molecule has 2 heterocycles. The largest absolute Gasteiger partial charge is 0.339 e. The van der Waals surface area contributed by atoms with Crippen molar-refractivity contribution in [1.29, 1.82) is 0 Å². The van der Waals surface area contributed by atoms with Crippen LogP contribution in [0.1, 0.15) is 60.9 Å². The lowest BCUT2D eigenvalue weighted by molar-refractivity contribution is -0.133. The molecule has 3 aliphatic rings. The van der Waals surface area contributed by atoms with Gasteiger partial charge in [-0.15, -0.1) is 0 Å². The summed E-state index contributed by atoms with van der Waals surface area (Å²) in [5, 5.41) is 1.20. The number of halogens is 2. The minimum Gasteiger partial charge on any atom is -0.339 e. The van der Waals surface area contributed by atoms with E-state index in [9.17, 15) is 9.59 Å². The van der Waals surface area contributed by atoms with E-state index in [1.165, 1.54) is 19.3 Å². The maximum atomic E-state index is 13.1. The number of benzene rings is 2. The molecule has 3 fully saturated rings. The molecule has 1 atom stereocenters. The van der Waals surface area contributed by atoms with Gasteiger partial charge in [-0.2, -0.15) is 0 Å². The molecule has 0 N–H and O–H groups in total. The van der Waals surface area contributed by atoms with Crippen molar-refractivity contribution in [2.24, 2.45) is 5.92 Å². The van der Waals surface area contributed by atoms with Crippen molar-refractivity contribution < 1.29 is 9.59 Å². The zero-order valence-corrected chi connectivity index (χ0v) is 20.4. The van der Waals surface area contributed by atoms with Crippen LogP contribution in [0.15, 0.2) is 36.4 Å². The fourth-order valence-corrected chi connectivity index (χ4v) is 6.07. The van der Waals surface area contributed by atoms with Gasteiger partial charge < -0.3 is 9.80 Å². The molecule has 6 heteroatoms. The standard InChI is InChI=1S/C27H30Cl2N2O2/c28-24-16-21(18-7-9-19(10-8-18)26(32)30-12-4-13-30)17-25(29)23(24)15-20-11-14-31(27(20)33)22-5-2-1-3-6-22/h7-10,16-17,20,22H,1-6,11-15H2. The van der Waals surface area contributed by atoms with Gasteiger partial charge in [0.2, 0.25) is 5.91 Å². The van der Waals surface area contributed by atoms with Gasteiger partial charge in [-0.3, -0.25) is 9.59 Å². The highest BCUT2D eigenvalue weighted by Gasteiger charge is 2.36. The number of rotatable bonds is 5. The van der Waals surface area contributed by atoms with Crippen molar-refractivity contribution in [1.82, 2.24) is 9.80 Å². The van der Waals surface area contributed by atoms with Gasteiger partial charge in [-0.05, 0) is 73.1 Å². The third-order valence-electron chi connectivity index (χ3n) is 7.57. The molecule has 0 radical (unpaired) electrons. The number of hydrogen-bond acceptors (Lipinski definition) is 2. The van der Waals surface area contributed by atoms with Crippen LogP contribution in [-0.2, 0) is 11.2 Å². The fraction of sp³-hybridized carbons (Fsp3) is 0.481. The summed E-state index contributed by atoms with van der Waals surface area (Å²) in [4.78, 5) is 29.5. The average Bonchev–Trinajstić information content (AvgIpc) is 3.15. The van der Waals surface area contributed by atoms with E-state index in [0.29, 0.717) is 28.1 Å². The molecule has 1 aliphatic carbocycles. The number of nitrogens with zero attached hydrogens (tertiary/aromatic N) is 2. The Balaban J connectivity index is 1.29. The van der Waals surface area contributed by atoms with Gasteiger partial charge in [0.05, 0.1) is 0 Å². The summed E-state index contributed by atoms with van der Waals surface area (Å²) >= 11 is 13.4. The highest BCUT2D eigenvalue weighted by molar-refractivity contribution is 6.36. The van der Waals surface area contributed by atoms with Gasteiger partial charge in [0.1, 0.15) is 0 Å². The van der Waals surface area contributed by atoms with E-state index < -0.39 is 0 Å². The van der Waals surface area contributed by atoms with Crippen LogP contribution < -0.4 is 0 Å². The Morgan fingerprint density at radius 1 is 0.848 bits per heavy atom. The third kappa shape index (κ3) is 4.65. The van der Waals surface area contributed by atoms with E-state index >= 15 is 0 Å². The van der Waals surface area contributed by atoms with E-state index in [1.54, 1.807) is 0 Å². The number of likely N-dealkylation sites (tertiary alicyclic amines) is 2. The Bertz CT molecular complexity index is 1020. The predicted octanol–water partition coefficient (Wildman–Crippen LogP) is 6.23. The highest BCUT2D eigenvalue weighted by Crippen LogP contribution is 2.36. The molecule has 2 aromatic rings. The predicted molar refractivity (Wildman–Crippen MR) is 133 cm³/mol. The van der Waals surface area contributed by atoms with E-state index in [1.807, 2.05) is 41.3 Å². The maximum Gasteiger partial charge on any atom is 0.253 e. The molecule has 174 valence electrons. The van der Waals surface area contributed by atoms with E-state index in [-0.39, 0.29) is 17.7 Å².